The minimum Gasteiger partial charge on any atom is -0.769 e. The summed E-state index contributed by atoms with van der Waals surface area (Å²) in [5.74, 6) is 0. The molecule has 0 bridgehead atoms. The molecule has 0 unspecified atom stereocenters. The van der Waals surface area contributed by atoms with Crippen LogP contribution in [0.4, 0.5) is 11.4 Å². The van der Waals surface area contributed by atoms with Gasteiger partial charge in [-0.15, -0.1) is 5.23 Å². The summed E-state index contributed by atoms with van der Waals surface area (Å²) in [5, 5.41) is 39.1. The van der Waals surface area contributed by atoms with E-state index in [1.54, 1.807) is 6.92 Å². The molecular weight excluding hydrogens is 214 g/mol. The molecule has 3 N–H and O–H groups in total. The van der Waals surface area contributed by atoms with Crippen LogP contribution < -0.4 is 10.5 Å². The molecule has 86 valence electrons. The van der Waals surface area contributed by atoms with Crippen LogP contribution in [0.1, 0.15) is 5.69 Å². The van der Waals surface area contributed by atoms with E-state index < -0.39 is 5.23 Å². The van der Waals surface area contributed by atoms with Gasteiger partial charge in [-0.3, -0.25) is 10.4 Å². The molecule has 1 heterocycles. The van der Waals surface area contributed by atoms with Gasteiger partial charge in [0.05, 0.1) is 0 Å². The van der Waals surface area contributed by atoms with Crippen LogP contribution in [0.3, 0.4) is 0 Å². The number of H-pyrrole nitrogens is 1. The van der Waals surface area contributed by atoms with Gasteiger partial charge < -0.3 is 20.6 Å². The number of aryl methyl sites for hydroxylation is 1. The monoisotopic (exact) mass is 223 g/mol. The molecule has 0 aliphatic rings. The maximum Gasteiger partial charge on any atom is 0.122 e. The lowest BCUT2D eigenvalue weighted by Crippen LogP contribution is -2.11. The first-order chi connectivity index (χ1) is 7.50. The van der Waals surface area contributed by atoms with E-state index in [9.17, 15) is 10.4 Å². The lowest BCUT2D eigenvalue weighted by atomic mass is 10.2. The van der Waals surface area contributed by atoms with E-state index in [1.165, 1.54) is 18.2 Å². The molecule has 2 aromatic rings. The van der Waals surface area contributed by atoms with Gasteiger partial charge in [0.25, 0.3) is 0 Å². The number of benzene rings is 1. The number of fused-ring (bicyclic) bond motifs is 1. The first kappa shape index (κ1) is 10.7. The van der Waals surface area contributed by atoms with Gasteiger partial charge in [0, 0.05) is 22.3 Å². The average Bonchev–Trinajstić information content (AvgIpc) is 2.51. The summed E-state index contributed by atoms with van der Waals surface area (Å²) in [7, 11) is 0. The molecule has 0 amide bonds. The topological polar surface area (TPSA) is 109 Å². The van der Waals surface area contributed by atoms with Crippen molar-refractivity contribution in [2.45, 2.75) is 6.92 Å². The summed E-state index contributed by atoms with van der Waals surface area (Å²) >= 11 is 0. The number of rotatable bonds is 2. The normalized spacial score (nSPS) is 10.8. The molecule has 1 aromatic carbocycles. The minimum absolute atomic E-state index is 0. The number of hydrogen-bond donors (Lipinski definition) is 3. The zero-order chi connectivity index (χ0) is 11.9. The van der Waals surface area contributed by atoms with Crippen molar-refractivity contribution in [3.8, 4) is 0 Å². The summed E-state index contributed by atoms with van der Waals surface area (Å²) in [6.07, 6.45) is 0. The predicted octanol–water partition coefficient (Wildman–Crippen LogP) is 1.86. The van der Waals surface area contributed by atoms with Gasteiger partial charge in [-0.05, 0) is 25.1 Å². The highest BCUT2D eigenvalue weighted by Gasteiger charge is 2.12. The van der Waals surface area contributed by atoms with Crippen molar-refractivity contribution in [1.29, 1.82) is 0 Å². The standard InChI is InChI=1S/C9H9N3O4/c1-5-9(12(15)16)7-3-2-6(11(13)14)4-8(7)10-5/h2-4,10,15-16H,1H3/q-2. The van der Waals surface area contributed by atoms with Gasteiger partial charge >= 0.3 is 0 Å². The van der Waals surface area contributed by atoms with Crippen LogP contribution in [-0.4, -0.2) is 15.4 Å². The Bertz CT molecular complexity index is 521. The summed E-state index contributed by atoms with van der Waals surface area (Å²) in [6.45, 7) is 1.64. The van der Waals surface area contributed by atoms with Crippen molar-refractivity contribution in [1.82, 2.24) is 4.98 Å². The second-order valence-electron chi connectivity index (χ2n) is 3.38. The third-order valence-corrected chi connectivity index (χ3v) is 2.35. The van der Waals surface area contributed by atoms with Gasteiger partial charge in [0.15, 0.2) is 0 Å². The molecule has 7 heteroatoms. The Morgan fingerprint density at radius 3 is 2.50 bits per heavy atom. The molecule has 0 saturated heterocycles. The molecule has 0 saturated carbocycles. The van der Waals surface area contributed by atoms with Crippen LogP contribution in [0.25, 0.3) is 10.9 Å². The molecular formula is C9H9N3O4-2. The largest absolute Gasteiger partial charge is 0.769 e. The van der Waals surface area contributed by atoms with E-state index >= 15 is 0 Å². The molecule has 0 atom stereocenters. The molecule has 0 fully saturated rings. The lowest BCUT2D eigenvalue weighted by Gasteiger charge is -2.37. The number of hydrogen-bond acceptors (Lipinski definition) is 6. The van der Waals surface area contributed by atoms with E-state index in [2.05, 4.69) is 4.98 Å². The summed E-state index contributed by atoms with van der Waals surface area (Å²) in [4.78, 5) is 2.84. The molecule has 1 aromatic heterocycles. The predicted molar refractivity (Wildman–Crippen MR) is 58.3 cm³/mol. The Morgan fingerprint density at radius 2 is 1.94 bits per heavy atom. The fourth-order valence-electron chi connectivity index (χ4n) is 1.68. The second kappa shape index (κ2) is 3.65. The number of anilines is 2. The molecule has 16 heavy (non-hydrogen) atoms. The van der Waals surface area contributed by atoms with Crippen LogP contribution in [0.15, 0.2) is 18.2 Å². The van der Waals surface area contributed by atoms with Crippen molar-refractivity contribution in [3.63, 3.8) is 0 Å². The van der Waals surface area contributed by atoms with Crippen LogP contribution in [0, 0.1) is 17.3 Å². The zero-order valence-electron chi connectivity index (χ0n) is 8.34. The Hall–Kier alpha value is -1.80. The molecule has 2 rings (SSSR count). The molecule has 7 nitrogen and oxygen atoms in total. The Labute approximate surface area is 90.2 Å². The summed E-state index contributed by atoms with van der Waals surface area (Å²) in [6, 6.07) is 4.11. The quantitative estimate of drug-likeness (QED) is 0.670. The first-order valence-corrected chi connectivity index (χ1v) is 4.45. The van der Waals surface area contributed by atoms with Crippen molar-refractivity contribution in [2.24, 2.45) is 0 Å². The molecule has 0 aliphatic carbocycles. The highest BCUT2D eigenvalue weighted by atomic mass is 16.8. The number of nitrogens with one attached hydrogen (secondary N) is 1. The third kappa shape index (κ3) is 1.57. The van der Waals surface area contributed by atoms with Crippen molar-refractivity contribution in [2.75, 3.05) is 10.5 Å². The van der Waals surface area contributed by atoms with Crippen LogP contribution in [0.2, 0.25) is 0 Å². The molecule has 0 radical (unpaired) electrons. The van der Waals surface area contributed by atoms with Gasteiger partial charge in [0.2, 0.25) is 0 Å². The lowest BCUT2D eigenvalue weighted by molar-refractivity contribution is 0.0297. The third-order valence-electron chi connectivity index (χ3n) is 2.35. The van der Waals surface area contributed by atoms with E-state index in [-0.39, 0.29) is 16.6 Å². The Morgan fingerprint density at radius 1 is 1.25 bits per heavy atom. The van der Waals surface area contributed by atoms with Crippen LogP contribution in [0.5, 0.6) is 0 Å². The Kier molecular flexibility index (Phi) is 2.44. The van der Waals surface area contributed by atoms with Gasteiger partial charge in [0.1, 0.15) is 5.69 Å². The van der Waals surface area contributed by atoms with Gasteiger partial charge in [-0.1, -0.05) is 0 Å². The highest BCUT2D eigenvalue weighted by Crippen LogP contribution is 2.31. The van der Waals surface area contributed by atoms with E-state index in [4.69, 9.17) is 10.4 Å². The number of aromatic amines is 1. The first-order valence-electron chi connectivity index (χ1n) is 4.45. The zero-order valence-corrected chi connectivity index (χ0v) is 8.34. The Balaban J connectivity index is 2.65. The summed E-state index contributed by atoms with van der Waals surface area (Å²) < 4.78 is 0. The van der Waals surface area contributed by atoms with Crippen molar-refractivity contribution < 1.29 is 10.4 Å². The smallest absolute Gasteiger partial charge is 0.122 e. The summed E-state index contributed by atoms with van der Waals surface area (Å²) in [5.41, 5.74) is 1.13. The fourth-order valence-corrected chi connectivity index (χ4v) is 1.68. The van der Waals surface area contributed by atoms with E-state index in [0.29, 0.717) is 16.6 Å². The maximum absolute atomic E-state index is 10.6. The van der Waals surface area contributed by atoms with E-state index in [1.807, 2.05) is 0 Å². The SMILES string of the molecule is Cc1[nH]c2cc(N([O-])[O-])ccc2c1N(O)O. The second-order valence-corrected chi connectivity index (χ2v) is 3.38. The van der Waals surface area contributed by atoms with Gasteiger partial charge in [-0.2, -0.15) is 0 Å². The molecule has 0 aliphatic heterocycles. The maximum atomic E-state index is 10.6. The van der Waals surface area contributed by atoms with Crippen LogP contribution in [-0.2, 0) is 0 Å². The average molecular weight is 223 g/mol. The number of nitrogens with zero attached hydrogens (tertiary/aromatic N) is 2. The van der Waals surface area contributed by atoms with Gasteiger partial charge in [-0.25, -0.2) is 0 Å². The van der Waals surface area contributed by atoms with Crippen molar-refractivity contribution in [3.05, 3.63) is 34.3 Å². The number of aromatic nitrogens is 1. The highest BCUT2D eigenvalue weighted by molar-refractivity contribution is 5.95. The van der Waals surface area contributed by atoms with Crippen molar-refractivity contribution >= 4 is 22.3 Å². The van der Waals surface area contributed by atoms with Crippen LogP contribution >= 0.6 is 0 Å². The fraction of sp³-hybridized carbons (Fsp3) is 0.111. The molecule has 0 spiro atoms. The minimum atomic E-state index is -0.509. The van der Waals surface area contributed by atoms with E-state index in [0.717, 1.165) is 0 Å².